The normalized spacial score (nSPS) is 10.8. The lowest BCUT2D eigenvalue weighted by Gasteiger charge is -2.13. The van der Waals surface area contributed by atoms with Gasteiger partial charge in [-0.15, -0.1) is 0 Å². The Labute approximate surface area is 332 Å². The Hall–Kier alpha value is -7.44. The van der Waals surface area contributed by atoms with Gasteiger partial charge < -0.3 is 64.6 Å². The van der Waals surface area contributed by atoms with Crippen molar-refractivity contribution in [1.29, 1.82) is 0 Å². The number of nitrogen functional groups attached to an aromatic ring is 1. The van der Waals surface area contributed by atoms with Gasteiger partial charge in [-0.2, -0.15) is 0 Å². The molecule has 58 heavy (non-hydrogen) atoms. The number of ether oxygens (including phenoxy) is 3. The first-order valence-electron chi connectivity index (χ1n) is 17.9. The minimum atomic E-state index is -1.17. The number of aromatic carboxylic acids is 1. The second-order valence-corrected chi connectivity index (χ2v) is 13.4. The Kier molecular flexibility index (Phi) is 13.0. The molecule has 0 aliphatic heterocycles. The lowest BCUT2D eigenvalue weighted by Crippen LogP contribution is -2.15. The van der Waals surface area contributed by atoms with Crippen LogP contribution in [0.1, 0.15) is 78.0 Å². The maximum absolute atomic E-state index is 13.3. The van der Waals surface area contributed by atoms with E-state index in [1.54, 1.807) is 72.7 Å². The standard InChI is InChI=1S/C39H45N9O10/c1-45-18-22(41-34(49)10-8-7-9-11-58-33-17-27(40)26(38(53)54)16-32(33)56-5)12-28(45)35(50)42-23-13-29(46(2)19-23)36(51)43-24-14-30(47(3)20-24)37(52)44-25-15-31(39(55)57-6)48(4)21-25/h12-21H,7-11,40H2,1-6H3,(H,41,49)(H,42,50)(H,43,51)(H,44,52)(H,53,54). The number of unbranched alkanes of at least 4 members (excludes halogenated alkanes) is 2. The van der Waals surface area contributed by atoms with E-state index in [2.05, 4.69) is 21.3 Å². The lowest BCUT2D eigenvalue weighted by atomic mass is 10.1. The molecule has 0 unspecified atom stereocenters. The monoisotopic (exact) mass is 799 g/mol. The summed E-state index contributed by atoms with van der Waals surface area (Å²) >= 11 is 0. The number of nitrogens with two attached hydrogens (primary N) is 1. The summed E-state index contributed by atoms with van der Waals surface area (Å²) in [6.45, 7) is 0.307. The molecular formula is C39H45N9O10. The molecule has 0 fully saturated rings. The number of carbonyl (C=O) groups excluding carboxylic acids is 5. The molecule has 0 radical (unpaired) electrons. The van der Waals surface area contributed by atoms with E-state index in [0.717, 1.165) is 0 Å². The fourth-order valence-corrected chi connectivity index (χ4v) is 6.10. The first-order valence-corrected chi connectivity index (χ1v) is 17.9. The van der Waals surface area contributed by atoms with Gasteiger partial charge in [0.05, 0.1) is 54.8 Å². The SMILES string of the molecule is COC(=O)c1cc(NC(=O)c2cc(NC(=O)c3cc(NC(=O)c4cc(NC(=O)CCCCCOc5cc(N)c(C(=O)O)cc5OC)cn4C)cn3C)cn2C)cn1C. The van der Waals surface area contributed by atoms with E-state index < -0.39 is 29.7 Å². The summed E-state index contributed by atoms with van der Waals surface area (Å²) in [7, 11) is 9.28. The summed E-state index contributed by atoms with van der Waals surface area (Å²) in [5.41, 5.74) is 8.34. The van der Waals surface area contributed by atoms with Crippen LogP contribution in [0.4, 0.5) is 28.4 Å². The number of nitrogens with zero attached hydrogens (tertiary/aromatic N) is 4. The maximum Gasteiger partial charge on any atom is 0.354 e. The summed E-state index contributed by atoms with van der Waals surface area (Å²) in [5, 5.41) is 20.3. The number of esters is 1. The summed E-state index contributed by atoms with van der Waals surface area (Å²) < 4.78 is 21.9. The number of amides is 4. The summed E-state index contributed by atoms with van der Waals surface area (Å²) in [6, 6.07) is 8.77. The number of methoxy groups -OCH3 is 2. The Morgan fingerprint density at radius 3 is 1.50 bits per heavy atom. The molecule has 19 nitrogen and oxygen atoms in total. The highest BCUT2D eigenvalue weighted by Gasteiger charge is 2.21. The van der Waals surface area contributed by atoms with Gasteiger partial charge in [-0.3, -0.25) is 19.2 Å². The third kappa shape index (κ3) is 9.86. The van der Waals surface area contributed by atoms with Crippen LogP contribution < -0.4 is 36.5 Å². The quantitative estimate of drug-likeness (QED) is 0.0436. The molecule has 0 atom stereocenters. The van der Waals surface area contributed by atoms with Gasteiger partial charge in [-0.1, -0.05) is 0 Å². The van der Waals surface area contributed by atoms with Crippen molar-refractivity contribution in [3.8, 4) is 11.5 Å². The second-order valence-electron chi connectivity index (χ2n) is 13.4. The van der Waals surface area contributed by atoms with Crippen molar-refractivity contribution in [2.24, 2.45) is 28.2 Å². The van der Waals surface area contributed by atoms with Gasteiger partial charge in [0, 0.05) is 71.5 Å². The number of carboxylic acid groups (broad SMARTS) is 1. The molecule has 5 aromatic rings. The molecule has 0 spiro atoms. The molecule has 1 aromatic carbocycles. The molecule has 0 aliphatic carbocycles. The molecule has 0 saturated carbocycles. The number of rotatable bonds is 17. The second kappa shape index (κ2) is 18.0. The average Bonchev–Trinajstić information content (AvgIpc) is 3.93. The number of carboxylic acids is 1. The van der Waals surface area contributed by atoms with E-state index >= 15 is 0 Å². The van der Waals surface area contributed by atoms with Crippen molar-refractivity contribution in [3.05, 3.63) is 89.5 Å². The molecule has 306 valence electrons. The zero-order valence-corrected chi connectivity index (χ0v) is 32.8. The van der Waals surface area contributed by atoms with Gasteiger partial charge in [0.2, 0.25) is 5.91 Å². The summed E-state index contributed by atoms with van der Waals surface area (Å²) in [4.78, 5) is 75.4. The smallest absolute Gasteiger partial charge is 0.354 e. The lowest BCUT2D eigenvalue weighted by molar-refractivity contribution is -0.116. The minimum absolute atomic E-state index is 0.0601. The third-order valence-electron chi connectivity index (χ3n) is 9.04. The van der Waals surface area contributed by atoms with Crippen molar-refractivity contribution in [2.75, 3.05) is 47.8 Å². The van der Waals surface area contributed by atoms with Gasteiger partial charge in [0.1, 0.15) is 22.8 Å². The Morgan fingerprint density at radius 1 is 0.603 bits per heavy atom. The van der Waals surface area contributed by atoms with Crippen LogP contribution in [-0.4, -0.2) is 79.8 Å². The summed E-state index contributed by atoms with van der Waals surface area (Å²) in [5.74, 6) is -2.78. The molecule has 4 aromatic heterocycles. The van der Waals surface area contributed by atoms with Crippen LogP contribution in [0.3, 0.4) is 0 Å². The van der Waals surface area contributed by atoms with Gasteiger partial charge in [-0.25, -0.2) is 9.59 Å². The molecule has 4 amide bonds. The van der Waals surface area contributed by atoms with Gasteiger partial charge in [-0.05, 0) is 43.5 Å². The van der Waals surface area contributed by atoms with Crippen LogP contribution in [0.2, 0.25) is 0 Å². The Bertz CT molecular complexity index is 2380. The molecule has 0 bridgehead atoms. The van der Waals surface area contributed by atoms with Gasteiger partial charge in [0.25, 0.3) is 17.7 Å². The average molecular weight is 800 g/mol. The zero-order valence-electron chi connectivity index (χ0n) is 32.8. The predicted octanol–water partition coefficient (Wildman–Crippen LogP) is 4.45. The fourth-order valence-electron chi connectivity index (χ4n) is 6.10. The van der Waals surface area contributed by atoms with Crippen molar-refractivity contribution < 1.29 is 48.1 Å². The zero-order chi connectivity index (χ0) is 42.3. The van der Waals surface area contributed by atoms with E-state index in [1.165, 1.54) is 49.1 Å². The van der Waals surface area contributed by atoms with Crippen LogP contribution in [0, 0.1) is 0 Å². The van der Waals surface area contributed by atoms with E-state index in [9.17, 15) is 33.9 Å². The first-order chi connectivity index (χ1) is 27.6. The molecule has 5 rings (SSSR count). The maximum atomic E-state index is 13.3. The molecular weight excluding hydrogens is 754 g/mol. The van der Waals surface area contributed by atoms with Crippen LogP contribution in [0.5, 0.6) is 11.5 Å². The van der Waals surface area contributed by atoms with E-state index in [-0.39, 0.29) is 52.1 Å². The predicted molar refractivity (Wildman–Crippen MR) is 214 cm³/mol. The van der Waals surface area contributed by atoms with Crippen LogP contribution in [-0.2, 0) is 37.7 Å². The largest absolute Gasteiger partial charge is 0.493 e. The number of hydrogen-bond acceptors (Lipinski definition) is 10. The number of anilines is 5. The number of benzene rings is 1. The van der Waals surface area contributed by atoms with E-state index in [1.807, 2.05) is 0 Å². The van der Waals surface area contributed by atoms with Crippen molar-refractivity contribution >= 4 is 64.0 Å². The van der Waals surface area contributed by atoms with E-state index in [4.69, 9.17) is 19.9 Å². The molecule has 19 heteroatoms. The van der Waals surface area contributed by atoms with Crippen LogP contribution in [0.25, 0.3) is 0 Å². The topological polar surface area (TPSA) is 244 Å². The number of hydrogen-bond donors (Lipinski definition) is 6. The number of carbonyl (C=O) groups is 6. The van der Waals surface area contributed by atoms with Crippen LogP contribution in [0.15, 0.2) is 61.2 Å². The van der Waals surface area contributed by atoms with Crippen LogP contribution >= 0.6 is 0 Å². The van der Waals surface area contributed by atoms with Crippen molar-refractivity contribution in [3.63, 3.8) is 0 Å². The molecule has 7 N–H and O–H groups in total. The van der Waals surface area contributed by atoms with E-state index in [0.29, 0.717) is 54.4 Å². The number of aryl methyl sites for hydroxylation is 4. The fraction of sp³-hybridized carbons (Fsp3) is 0.282. The van der Waals surface area contributed by atoms with Crippen molar-refractivity contribution in [2.45, 2.75) is 25.7 Å². The highest BCUT2D eigenvalue weighted by Crippen LogP contribution is 2.32. The van der Waals surface area contributed by atoms with Gasteiger partial charge in [0.15, 0.2) is 11.5 Å². The Morgan fingerprint density at radius 2 is 1.05 bits per heavy atom. The Balaban J connectivity index is 1.09. The third-order valence-corrected chi connectivity index (χ3v) is 9.04. The van der Waals surface area contributed by atoms with Crippen molar-refractivity contribution in [1.82, 2.24) is 18.3 Å². The highest BCUT2D eigenvalue weighted by atomic mass is 16.5. The molecule has 0 saturated heterocycles. The minimum Gasteiger partial charge on any atom is -0.493 e. The first kappa shape index (κ1) is 41.7. The molecule has 0 aliphatic rings. The van der Waals surface area contributed by atoms with Gasteiger partial charge >= 0.3 is 11.9 Å². The molecule has 4 heterocycles. The number of nitrogens with one attached hydrogen (secondary N) is 4. The summed E-state index contributed by atoms with van der Waals surface area (Å²) in [6.07, 6.45) is 8.46. The number of aromatic nitrogens is 4. The highest BCUT2D eigenvalue weighted by molar-refractivity contribution is 6.09.